The molecule has 3 heterocycles. The predicted octanol–water partition coefficient (Wildman–Crippen LogP) is 3.90. The van der Waals surface area contributed by atoms with E-state index in [1.165, 1.54) is 11.1 Å². The van der Waals surface area contributed by atoms with Crippen molar-refractivity contribution in [2.45, 2.75) is 54.4 Å². The smallest absolute Gasteiger partial charge is 0.227 e. The first-order valence-electron chi connectivity index (χ1n) is 11.4. The molecule has 0 unspecified atom stereocenters. The Kier molecular flexibility index (Phi) is 4.86. The number of aliphatic hydroxyl groups excluding tert-OH is 1. The third-order valence-electron chi connectivity index (χ3n) is 7.55. The van der Waals surface area contributed by atoms with E-state index in [0.717, 1.165) is 67.2 Å². The molecule has 1 aromatic heterocycles. The zero-order valence-corrected chi connectivity index (χ0v) is 19.5. The van der Waals surface area contributed by atoms with E-state index in [-0.39, 0.29) is 17.6 Å². The van der Waals surface area contributed by atoms with Gasteiger partial charge in [0.25, 0.3) is 0 Å². The molecule has 0 bridgehead atoms. The number of rotatable bonds is 5. The van der Waals surface area contributed by atoms with E-state index < -0.39 is 10.8 Å². The maximum Gasteiger partial charge on any atom is 0.227 e. The van der Waals surface area contributed by atoms with E-state index >= 15 is 0 Å². The van der Waals surface area contributed by atoms with Crippen LogP contribution < -0.4 is 10.2 Å². The van der Waals surface area contributed by atoms with Crippen LogP contribution in [0.1, 0.15) is 49.8 Å². The molecule has 2 saturated carbocycles. The maximum atomic E-state index is 13.0. The van der Waals surface area contributed by atoms with Gasteiger partial charge in [-0.05, 0) is 61.8 Å². The molecule has 0 amide bonds. The van der Waals surface area contributed by atoms with Gasteiger partial charge in [0.2, 0.25) is 5.95 Å². The van der Waals surface area contributed by atoms with Crippen molar-refractivity contribution in [3.63, 3.8) is 0 Å². The first-order chi connectivity index (χ1) is 15.5. The molecule has 4 aliphatic rings. The lowest BCUT2D eigenvalue weighted by Crippen LogP contribution is -2.48. The number of fused-ring (bicyclic) bond motifs is 2. The highest BCUT2D eigenvalue weighted by Crippen LogP contribution is 2.56. The van der Waals surface area contributed by atoms with Crippen molar-refractivity contribution in [3.05, 3.63) is 46.6 Å². The van der Waals surface area contributed by atoms with Gasteiger partial charge in [-0.2, -0.15) is 4.98 Å². The molecule has 6 nitrogen and oxygen atoms in total. The van der Waals surface area contributed by atoms with Gasteiger partial charge in [-0.15, -0.1) is 0 Å². The molecule has 2 aliphatic carbocycles. The summed E-state index contributed by atoms with van der Waals surface area (Å²) >= 11 is 6.04. The minimum atomic E-state index is -1.09. The van der Waals surface area contributed by atoms with Crippen molar-refractivity contribution < 1.29 is 9.32 Å². The van der Waals surface area contributed by atoms with Crippen LogP contribution in [0.2, 0.25) is 5.02 Å². The summed E-state index contributed by atoms with van der Waals surface area (Å²) in [7, 11) is -1.09. The highest BCUT2D eigenvalue weighted by atomic mass is 35.5. The fourth-order valence-corrected chi connectivity index (χ4v) is 7.11. The maximum absolute atomic E-state index is 13.0. The van der Waals surface area contributed by atoms with Crippen LogP contribution in [0.15, 0.2) is 35.2 Å². The number of aliphatic hydroxyl groups is 1. The van der Waals surface area contributed by atoms with Crippen LogP contribution in [0.3, 0.4) is 0 Å². The van der Waals surface area contributed by atoms with Gasteiger partial charge < -0.3 is 15.3 Å². The first-order valence-corrected chi connectivity index (χ1v) is 13.1. The Morgan fingerprint density at radius 3 is 2.53 bits per heavy atom. The van der Waals surface area contributed by atoms with Crippen molar-refractivity contribution in [2.75, 3.05) is 35.7 Å². The third kappa shape index (κ3) is 3.37. The summed E-state index contributed by atoms with van der Waals surface area (Å²) in [5.74, 6) is 2.03. The third-order valence-corrected chi connectivity index (χ3v) is 9.46. The minimum absolute atomic E-state index is 0.0274. The number of benzene rings is 1. The van der Waals surface area contributed by atoms with Gasteiger partial charge in [0.05, 0.1) is 28.6 Å². The fourth-order valence-electron chi connectivity index (χ4n) is 5.12. The number of hydrogen-bond donors (Lipinski definition) is 2. The topological polar surface area (TPSA) is 78.4 Å². The lowest BCUT2D eigenvalue weighted by Gasteiger charge is -2.41. The summed E-state index contributed by atoms with van der Waals surface area (Å²) in [5.41, 5.74) is 3.12. The van der Waals surface area contributed by atoms with Gasteiger partial charge in [0.1, 0.15) is 10.7 Å². The summed E-state index contributed by atoms with van der Waals surface area (Å²) in [5, 5.41) is 14.2. The van der Waals surface area contributed by atoms with Crippen molar-refractivity contribution in [3.8, 4) is 0 Å². The zero-order chi connectivity index (χ0) is 21.9. The molecule has 8 heteroatoms. The molecular weight excluding hydrogens is 444 g/mol. The zero-order valence-electron chi connectivity index (χ0n) is 17.9. The van der Waals surface area contributed by atoms with E-state index in [9.17, 15) is 9.32 Å². The number of nitrogens with one attached hydrogen (secondary N) is 1. The summed E-state index contributed by atoms with van der Waals surface area (Å²) in [6, 6.07) is 7.99. The second-order valence-electron chi connectivity index (χ2n) is 9.67. The Morgan fingerprint density at radius 2 is 1.94 bits per heavy atom. The lowest BCUT2D eigenvalue weighted by atomic mass is 9.77. The Hall–Kier alpha value is -1.96. The SMILES string of the molecule is O=[S@]1CC2(CC2)c2nc(N3CC=C(c4ccc(Cl)cc4)CC3)nc(NC3(CO)CCC3)c21. The quantitative estimate of drug-likeness (QED) is 0.690. The van der Waals surface area contributed by atoms with E-state index in [4.69, 9.17) is 21.6 Å². The lowest BCUT2D eigenvalue weighted by molar-refractivity contribution is 0.143. The van der Waals surface area contributed by atoms with E-state index in [1.807, 2.05) is 12.1 Å². The molecule has 2 N–H and O–H groups in total. The van der Waals surface area contributed by atoms with Gasteiger partial charge in [0.15, 0.2) is 0 Å². The van der Waals surface area contributed by atoms with Gasteiger partial charge in [0, 0.05) is 29.3 Å². The molecule has 1 atom stereocenters. The number of halogens is 1. The molecule has 32 heavy (non-hydrogen) atoms. The molecular formula is C24H27ClN4O2S. The van der Waals surface area contributed by atoms with E-state index in [0.29, 0.717) is 17.5 Å². The Balaban J connectivity index is 1.33. The number of anilines is 2. The van der Waals surface area contributed by atoms with Crippen LogP contribution in [0.25, 0.3) is 5.57 Å². The molecule has 2 fully saturated rings. The standard InChI is InChI=1S/C24H27ClN4O2S/c25-18-4-2-16(3-5-18)17-6-12-29(13-7-17)22-26-20-19(32(31)15-23(20)10-11-23)21(27-22)28-24(14-30)8-1-9-24/h2-6,30H,1,7-15H2,(H,26,27,28)/t32-/m0/s1. The Bertz CT molecular complexity index is 1120. The van der Waals surface area contributed by atoms with Crippen LogP contribution in [0.4, 0.5) is 11.8 Å². The summed E-state index contributed by atoms with van der Waals surface area (Å²) < 4.78 is 13.0. The Labute approximate surface area is 195 Å². The average molecular weight is 471 g/mol. The molecule has 0 radical (unpaired) electrons. The van der Waals surface area contributed by atoms with Crippen molar-refractivity contribution in [2.24, 2.45) is 0 Å². The molecule has 2 aromatic rings. The molecule has 168 valence electrons. The minimum Gasteiger partial charge on any atom is -0.394 e. The molecule has 6 rings (SSSR count). The van der Waals surface area contributed by atoms with Gasteiger partial charge in [-0.3, -0.25) is 4.21 Å². The normalized spacial score (nSPS) is 24.6. The van der Waals surface area contributed by atoms with E-state index in [1.54, 1.807) is 0 Å². The summed E-state index contributed by atoms with van der Waals surface area (Å²) in [4.78, 5) is 12.9. The van der Waals surface area contributed by atoms with Gasteiger partial charge >= 0.3 is 0 Å². The van der Waals surface area contributed by atoms with Gasteiger partial charge in [-0.1, -0.05) is 29.8 Å². The Morgan fingerprint density at radius 1 is 1.16 bits per heavy atom. The molecule has 1 aromatic carbocycles. The molecule has 1 spiro atoms. The second-order valence-corrected chi connectivity index (χ2v) is 11.5. The van der Waals surface area contributed by atoms with Crippen molar-refractivity contribution in [1.29, 1.82) is 0 Å². The average Bonchev–Trinajstić information content (AvgIpc) is 3.50. The second kappa shape index (κ2) is 7.54. The highest BCUT2D eigenvalue weighted by molar-refractivity contribution is 7.85. The van der Waals surface area contributed by atoms with E-state index in [2.05, 4.69) is 28.4 Å². The predicted molar refractivity (Wildman–Crippen MR) is 128 cm³/mol. The van der Waals surface area contributed by atoms with Crippen LogP contribution in [-0.4, -0.2) is 50.3 Å². The van der Waals surface area contributed by atoms with Crippen LogP contribution in [-0.2, 0) is 16.2 Å². The first kappa shape index (κ1) is 20.6. The molecule has 0 saturated heterocycles. The monoisotopic (exact) mass is 470 g/mol. The highest BCUT2D eigenvalue weighted by Gasteiger charge is 2.55. The summed E-state index contributed by atoms with van der Waals surface area (Å²) in [6.45, 7) is 1.63. The molecule has 2 aliphatic heterocycles. The number of hydrogen-bond acceptors (Lipinski definition) is 6. The van der Waals surface area contributed by atoms with Crippen molar-refractivity contribution in [1.82, 2.24) is 9.97 Å². The summed E-state index contributed by atoms with van der Waals surface area (Å²) in [6.07, 6.45) is 8.15. The number of nitrogens with zero attached hydrogens (tertiary/aromatic N) is 3. The van der Waals surface area contributed by atoms with Crippen LogP contribution in [0.5, 0.6) is 0 Å². The number of aromatic nitrogens is 2. The largest absolute Gasteiger partial charge is 0.394 e. The van der Waals surface area contributed by atoms with Crippen LogP contribution in [0, 0.1) is 0 Å². The van der Waals surface area contributed by atoms with Gasteiger partial charge in [-0.25, -0.2) is 4.98 Å². The van der Waals surface area contributed by atoms with Crippen LogP contribution >= 0.6 is 11.6 Å². The van der Waals surface area contributed by atoms with Crippen molar-refractivity contribution >= 4 is 39.7 Å². The fraction of sp³-hybridized carbons (Fsp3) is 0.500.